The van der Waals surface area contributed by atoms with Crippen LogP contribution < -0.4 is 21.3 Å². The summed E-state index contributed by atoms with van der Waals surface area (Å²) in [5.74, 6) is 1.44. The summed E-state index contributed by atoms with van der Waals surface area (Å²) < 4.78 is 0. The summed E-state index contributed by atoms with van der Waals surface area (Å²) in [5, 5.41) is 6.76. The van der Waals surface area contributed by atoms with Gasteiger partial charge in [-0.2, -0.15) is 0 Å². The molecule has 3 heterocycles. The third-order valence-corrected chi connectivity index (χ3v) is 7.07. The van der Waals surface area contributed by atoms with Crippen LogP contribution in [-0.2, 0) is 0 Å². The van der Waals surface area contributed by atoms with Gasteiger partial charge in [0.05, 0.1) is 11.4 Å². The van der Waals surface area contributed by atoms with Gasteiger partial charge in [0, 0.05) is 18.8 Å². The van der Waals surface area contributed by atoms with Crippen LogP contribution in [0.2, 0.25) is 5.15 Å². The number of nitrogens with one attached hydrogen (secondary N) is 2. The van der Waals surface area contributed by atoms with Crippen LogP contribution in [0, 0.1) is 11.8 Å². The van der Waals surface area contributed by atoms with Gasteiger partial charge in [-0.1, -0.05) is 36.9 Å². The summed E-state index contributed by atoms with van der Waals surface area (Å²) in [6, 6.07) is 10.7. The van der Waals surface area contributed by atoms with Gasteiger partial charge in [0.2, 0.25) is 0 Å². The number of nitrogens with zero attached hydrogens (tertiary/aromatic N) is 2. The zero-order valence-corrected chi connectivity index (χ0v) is 19.4. The Kier molecular flexibility index (Phi) is 7.87. The molecule has 1 amide bonds. The molecular weight excluding hydrogens is 422 g/mol. The van der Waals surface area contributed by atoms with E-state index in [2.05, 4.69) is 20.5 Å². The van der Waals surface area contributed by atoms with Crippen molar-refractivity contribution in [3.8, 4) is 0 Å². The van der Waals surface area contributed by atoms with Crippen LogP contribution in [0.5, 0.6) is 0 Å². The molecule has 0 aliphatic carbocycles. The molecule has 172 valence electrons. The molecule has 2 saturated heterocycles. The minimum Gasteiger partial charge on any atom is -0.399 e. The average molecular weight is 456 g/mol. The Hall–Kier alpha value is -2.31. The number of nitrogens with two attached hydrogens (primary N) is 1. The Morgan fingerprint density at radius 2 is 1.81 bits per heavy atom. The van der Waals surface area contributed by atoms with Gasteiger partial charge in [0.15, 0.2) is 0 Å². The van der Waals surface area contributed by atoms with Gasteiger partial charge in [0.25, 0.3) is 5.91 Å². The number of pyridine rings is 1. The van der Waals surface area contributed by atoms with E-state index in [-0.39, 0.29) is 5.91 Å². The number of benzene rings is 1. The monoisotopic (exact) mass is 455 g/mol. The summed E-state index contributed by atoms with van der Waals surface area (Å²) in [7, 11) is 0. The Morgan fingerprint density at radius 3 is 2.53 bits per heavy atom. The fourth-order valence-electron chi connectivity index (χ4n) is 4.97. The Balaban J connectivity index is 1.32. The highest BCUT2D eigenvalue weighted by molar-refractivity contribution is 6.29. The molecule has 2 aromatic rings. The minimum atomic E-state index is -0.272. The number of nitrogen functional groups attached to an aromatic ring is 1. The summed E-state index contributed by atoms with van der Waals surface area (Å²) in [6.07, 6.45) is 9.11. The third kappa shape index (κ3) is 6.14. The van der Waals surface area contributed by atoms with Crippen molar-refractivity contribution in [1.29, 1.82) is 0 Å². The van der Waals surface area contributed by atoms with Crippen molar-refractivity contribution in [1.82, 2.24) is 10.3 Å². The molecule has 2 fully saturated rings. The first-order valence-electron chi connectivity index (χ1n) is 11.9. The fourth-order valence-corrected chi connectivity index (χ4v) is 5.13. The van der Waals surface area contributed by atoms with Crippen LogP contribution in [-0.4, -0.2) is 37.1 Å². The minimum absolute atomic E-state index is 0.272. The molecule has 0 bridgehead atoms. The standard InChI is InChI=1S/C25H34ClN5O/c26-24-6-2-5-22(29-24)25(32)30-21-8-7-20(27)17-23(21)31-15-11-19(12-16-31)4-1-3-18-9-13-28-14-10-18/h2,5-8,17-19,28H,1,3-4,9-16,27H2,(H,30,32). The van der Waals surface area contributed by atoms with Gasteiger partial charge in [-0.25, -0.2) is 4.98 Å². The van der Waals surface area contributed by atoms with E-state index in [1.807, 2.05) is 18.2 Å². The topological polar surface area (TPSA) is 83.3 Å². The number of rotatable bonds is 7. The maximum absolute atomic E-state index is 12.7. The molecule has 2 aliphatic rings. The second kappa shape index (κ2) is 11.0. The second-order valence-electron chi connectivity index (χ2n) is 9.13. The molecular formula is C25H34ClN5O. The van der Waals surface area contributed by atoms with Gasteiger partial charge in [-0.15, -0.1) is 0 Å². The van der Waals surface area contributed by atoms with Gasteiger partial charge in [-0.3, -0.25) is 4.79 Å². The number of carbonyl (C=O) groups excluding carboxylic acids is 1. The molecule has 0 spiro atoms. The van der Waals surface area contributed by atoms with Crippen LogP contribution in [0.1, 0.15) is 55.4 Å². The third-order valence-electron chi connectivity index (χ3n) is 6.86. The Morgan fingerprint density at radius 1 is 1.09 bits per heavy atom. The first-order chi connectivity index (χ1) is 15.6. The van der Waals surface area contributed by atoms with E-state index in [4.69, 9.17) is 17.3 Å². The molecule has 2 aliphatic heterocycles. The highest BCUT2D eigenvalue weighted by atomic mass is 35.5. The van der Waals surface area contributed by atoms with Crippen molar-refractivity contribution < 1.29 is 4.79 Å². The molecule has 1 aromatic heterocycles. The van der Waals surface area contributed by atoms with Crippen LogP contribution in [0.3, 0.4) is 0 Å². The number of aromatic nitrogens is 1. The summed E-state index contributed by atoms with van der Waals surface area (Å²) in [6.45, 7) is 4.35. The van der Waals surface area contributed by atoms with Gasteiger partial charge < -0.3 is 21.3 Å². The number of hydrogen-bond acceptors (Lipinski definition) is 5. The lowest BCUT2D eigenvalue weighted by molar-refractivity contribution is 0.102. The lowest BCUT2D eigenvalue weighted by atomic mass is 9.87. The first-order valence-corrected chi connectivity index (χ1v) is 12.3. The molecule has 7 heteroatoms. The molecule has 1 aromatic carbocycles. The molecule has 4 N–H and O–H groups in total. The van der Waals surface area contributed by atoms with E-state index in [9.17, 15) is 4.79 Å². The summed E-state index contributed by atoms with van der Waals surface area (Å²) in [5.41, 5.74) is 8.82. The number of piperidine rings is 2. The Bertz CT molecular complexity index is 907. The normalized spacial score (nSPS) is 18.0. The lowest BCUT2D eigenvalue weighted by Gasteiger charge is -2.35. The molecule has 32 heavy (non-hydrogen) atoms. The average Bonchev–Trinajstić information content (AvgIpc) is 2.81. The van der Waals surface area contributed by atoms with Gasteiger partial charge in [0.1, 0.15) is 10.8 Å². The molecule has 0 unspecified atom stereocenters. The molecule has 0 radical (unpaired) electrons. The number of carbonyl (C=O) groups is 1. The van der Waals surface area contributed by atoms with Crippen LogP contribution in [0.25, 0.3) is 0 Å². The van der Waals surface area contributed by atoms with Crippen molar-refractivity contribution in [3.05, 3.63) is 47.2 Å². The predicted octanol–water partition coefficient (Wildman–Crippen LogP) is 4.96. The predicted molar refractivity (Wildman–Crippen MR) is 132 cm³/mol. The van der Waals surface area contributed by atoms with E-state index < -0.39 is 0 Å². The molecule has 4 rings (SSSR count). The van der Waals surface area contributed by atoms with Crippen molar-refractivity contribution >= 4 is 34.6 Å². The van der Waals surface area contributed by atoms with Crippen LogP contribution >= 0.6 is 11.6 Å². The number of anilines is 3. The zero-order valence-electron chi connectivity index (χ0n) is 18.7. The smallest absolute Gasteiger partial charge is 0.274 e. The van der Waals surface area contributed by atoms with Crippen molar-refractivity contribution in [2.24, 2.45) is 11.8 Å². The summed E-state index contributed by atoms with van der Waals surface area (Å²) in [4.78, 5) is 19.2. The van der Waals surface area contributed by atoms with E-state index in [1.165, 1.54) is 58.0 Å². The number of hydrogen-bond donors (Lipinski definition) is 3. The molecule has 0 saturated carbocycles. The highest BCUT2D eigenvalue weighted by Gasteiger charge is 2.23. The molecule has 0 atom stereocenters. The van der Waals surface area contributed by atoms with E-state index in [0.717, 1.165) is 36.3 Å². The van der Waals surface area contributed by atoms with Crippen molar-refractivity contribution in [2.45, 2.75) is 44.9 Å². The van der Waals surface area contributed by atoms with Crippen LogP contribution in [0.15, 0.2) is 36.4 Å². The summed E-state index contributed by atoms with van der Waals surface area (Å²) >= 11 is 5.94. The fraction of sp³-hybridized carbons (Fsp3) is 0.520. The second-order valence-corrected chi connectivity index (χ2v) is 9.52. The zero-order chi connectivity index (χ0) is 22.3. The van der Waals surface area contributed by atoms with Gasteiger partial charge >= 0.3 is 0 Å². The van der Waals surface area contributed by atoms with E-state index in [0.29, 0.717) is 16.5 Å². The van der Waals surface area contributed by atoms with E-state index >= 15 is 0 Å². The first kappa shape index (κ1) is 22.9. The molecule has 6 nitrogen and oxygen atoms in total. The maximum Gasteiger partial charge on any atom is 0.274 e. The van der Waals surface area contributed by atoms with E-state index in [1.54, 1.807) is 18.2 Å². The Labute approximate surface area is 195 Å². The van der Waals surface area contributed by atoms with Crippen molar-refractivity contribution in [3.63, 3.8) is 0 Å². The number of halogens is 1. The highest BCUT2D eigenvalue weighted by Crippen LogP contribution is 2.33. The van der Waals surface area contributed by atoms with Crippen molar-refractivity contribution in [2.75, 3.05) is 42.1 Å². The van der Waals surface area contributed by atoms with Crippen LogP contribution in [0.4, 0.5) is 17.1 Å². The SMILES string of the molecule is Nc1ccc(NC(=O)c2cccc(Cl)n2)c(N2CCC(CCCC3CCNCC3)CC2)c1. The quantitative estimate of drug-likeness (QED) is 0.406. The van der Waals surface area contributed by atoms with Gasteiger partial charge in [-0.05, 0) is 80.9 Å². The maximum atomic E-state index is 12.7. The largest absolute Gasteiger partial charge is 0.399 e. The number of amides is 1. The lowest BCUT2D eigenvalue weighted by Crippen LogP contribution is -2.34.